The molecule has 0 bridgehead atoms. The number of rotatable bonds is 3. The number of nitrogens with zero attached hydrogens (tertiary/aromatic N) is 1. The molecule has 1 aliphatic heterocycles. The van der Waals surface area contributed by atoms with Gasteiger partial charge in [0.2, 0.25) is 0 Å². The van der Waals surface area contributed by atoms with Gasteiger partial charge in [-0.15, -0.1) is 0 Å². The molecule has 0 spiro atoms. The number of halogens is 3. The molecule has 0 aliphatic carbocycles. The van der Waals surface area contributed by atoms with Crippen LogP contribution in [0.4, 0.5) is 13.2 Å². The van der Waals surface area contributed by atoms with Crippen LogP contribution in [0.3, 0.4) is 0 Å². The minimum Gasteiger partial charge on any atom is -0.478 e. The Morgan fingerprint density at radius 1 is 1.45 bits per heavy atom. The van der Waals surface area contributed by atoms with E-state index in [9.17, 15) is 27.9 Å². The van der Waals surface area contributed by atoms with Crippen LogP contribution in [-0.2, 0) is 6.42 Å². The van der Waals surface area contributed by atoms with Crippen LogP contribution < -0.4 is 0 Å². The smallest absolute Gasteiger partial charge is 0.419 e. The van der Waals surface area contributed by atoms with E-state index in [1.807, 2.05) is 0 Å². The molecule has 1 unspecified atom stereocenters. The number of carbonyl (C=O) groups excluding carboxylic acids is 1. The maximum atomic E-state index is 12.7. The van der Waals surface area contributed by atoms with Gasteiger partial charge in [0.1, 0.15) is 11.3 Å². The monoisotopic (exact) mass is 321 g/mol. The maximum Gasteiger partial charge on any atom is 0.419 e. The molecule has 1 aliphatic rings. The summed E-state index contributed by atoms with van der Waals surface area (Å²) >= 11 is 0. The molecule has 2 heterocycles. The lowest BCUT2D eigenvalue weighted by molar-refractivity contribution is -0.253. The van der Waals surface area contributed by atoms with Crippen molar-refractivity contribution in [2.45, 2.75) is 31.5 Å². The number of carbonyl (C=O) groups is 2. The van der Waals surface area contributed by atoms with Crippen molar-refractivity contribution in [2.75, 3.05) is 13.1 Å². The number of aliphatic hydroxyl groups is 1. The van der Waals surface area contributed by atoms with Crippen molar-refractivity contribution in [2.24, 2.45) is 0 Å². The topological polar surface area (TPSA) is 91.0 Å². The summed E-state index contributed by atoms with van der Waals surface area (Å²) < 4.78 is 43.3. The Labute approximate surface area is 123 Å². The standard InChI is InChI=1S/C13H14F3NO5/c1-2-8-7(11(19)20)5-9(22-8)10(18)17-4-3-12(21,6-17)13(14,15)16/h5,21H,2-4,6H2,1H3,(H,19,20). The fourth-order valence-corrected chi connectivity index (χ4v) is 2.33. The minimum absolute atomic E-state index is 0.0705. The largest absolute Gasteiger partial charge is 0.478 e. The number of hydrogen-bond acceptors (Lipinski definition) is 4. The van der Waals surface area contributed by atoms with Crippen LogP contribution in [0.1, 0.15) is 40.0 Å². The molecule has 0 saturated carbocycles. The summed E-state index contributed by atoms with van der Waals surface area (Å²) in [5.41, 5.74) is -3.14. The van der Waals surface area contributed by atoms with E-state index < -0.39 is 36.6 Å². The molecule has 9 heteroatoms. The molecule has 1 fully saturated rings. The number of carboxylic acids is 1. The summed E-state index contributed by atoms with van der Waals surface area (Å²) in [4.78, 5) is 23.9. The maximum absolute atomic E-state index is 12.7. The Hall–Kier alpha value is -2.03. The van der Waals surface area contributed by atoms with Gasteiger partial charge in [-0.2, -0.15) is 13.2 Å². The van der Waals surface area contributed by atoms with Crippen LogP contribution >= 0.6 is 0 Å². The van der Waals surface area contributed by atoms with Crippen molar-refractivity contribution < 1.29 is 37.4 Å². The van der Waals surface area contributed by atoms with Gasteiger partial charge in [0.05, 0.1) is 6.54 Å². The predicted octanol–water partition coefficient (Wildman–Crippen LogP) is 1.68. The highest BCUT2D eigenvalue weighted by Gasteiger charge is 2.58. The number of furan rings is 1. The fourth-order valence-electron chi connectivity index (χ4n) is 2.33. The summed E-state index contributed by atoms with van der Waals surface area (Å²) in [5, 5.41) is 18.5. The average molecular weight is 321 g/mol. The van der Waals surface area contributed by atoms with E-state index in [-0.39, 0.29) is 30.0 Å². The molecule has 1 aromatic rings. The van der Waals surface area contributed by atoms with Gasteiger partial charge in [-0.3, -0.25) is 4.79 Å². The van der Waals surface area contributed by atoms with E-state index in [4.69, 9.17) is 9.52 Å². The first-order chi connectivity index (χ1) is 10.1. The van der Waals surface area contributed by atoms with Gasteiger partial charge < -0.3 is 19.5 Å². The zero-order chi connectivity index (χ0) is 16.7. The Morgan fingerprint density at radius 3 is 2.50 bits per heavy atom. The second-order valence-corrected chi connectivity index (χ2v) is 5.11. The summed E-state index contributed by atoms with van der Waals surface area (Å²) in [6, 6.07) is 0.995. The molecule has 6 nitrogen and oxygen atoms in total. The highest BCUT2D eigenvalue weighted by molar-refractivity contribution is 5.96. The van der Waals surface area contributed by atoms with Crippen LogP contribution in [0.2, 0.25) is 0 Å². The number of likely N-dealkylation sites (tertiary alicyclic amines) is 1. The fraction of sp³-hybridized carbons (Fsp3) is 0.538. The van der Waals surface area contributed by atoms with Crippen molar-refractivity contribution in [3.8, 4) is 0 Å². The molecule has 1 saturated heterocycles. The minimum atomic E-state index is -4.84. The van der Waals surface area contributed by atoms with Crippen LogP contribution in [0.25, 0.3) is 0 Å². The van der Waals surface area contributed by atoms with Crippen molar-refractivity contribution in [3.63, 3.8) is 0 Å². The SMILES string of the molecule is CCc1oc(C(=O)N2CCC(O)(C(F)(F)F)C2)cc1C(=O)O. The van der Waals surface area contributed by atoms with Gasteiger partial charge in [-0.05, 0) is 0 Å². The van der Waals surface area contributed by atoms with E-state index >= 15 is 0 Å². The quantitative estimate of drug-likeness (QED) is 0.884. The third-order valence-electron chi connectivity index (χ3n) is 3.63. The van der Waals surface area contributed by atoms with Crippen LogP contribution in [-0.4, -0.2) is 51.9 Å². The number of amides is 1. The lowest BCUT2D eigenvalue weighted by Gasteiger charge is -2.25. The Morgan fingerprint density at radius 2 is 2.09 bits per heavy atom. The number of hydrogen-bond donors (Lipinski definition) is 2. The zero-order valence-electron chi connectivity index (χ0n) is 11.6. The lowest BCUT2D eigenvalue weighted by Crippen LogP contribution is -2.48. The van der Waals surface area contributed by atoms with Gasteiger partial charge in [0, 0.05) is 25.5 Å². The molecule has 0 radical (unpaired) electrons. The summed E-state index contributed by atoms with van der Waals surface area (Å²) in [5.74, 6) is -2.43. The molecule has 1 aromatic heterocycles. The molecule has 22 heavy (non-hydrogen) atoms. The van der Waals surface area contributed by atoms with Crippen molar-refractivity contribution in [3.05, 3.63) is 23.2 Å². The van der Waals surface area contributed by atoms with Crippen molar-refractivity contribution >= 4 is 11.9 Å². The Bertz CT molecular complexity index is 609. The third-order valence-corrected chi connectivity index (χ3v) is 3.63. The highest BCUT2D eigenvalue weighted by Crippen LogP contribution is 2.38. The van der Waals surface area contributed by atoms with Crippen LogP contribution in [0, 0.1) is 0 Å². The first-order valence-corrected chi connectivity index (χ1v) is 6.53. The molecule has 0 aromatic carbocycles. The lowest BCUT2D eigenvalue weighted by atomic mass is 10.0. The Kier molecular flexibility index (Phi) is 3.94. The molecular formula is C13H14F3NO5. The third kappa shape index (κ3) is 2.68. The summed E-state index contributed by atoms with van der Waals surface area (Å²) in [6.45, 7) is 0.428. The zero-order valence-corrected chi connectivity index (χ0v) is 11.6. The van der Waals surface area contributed by atoms with Gasteiger partial charge >= 0.3 is 12.1 Å². The normalized spacial score (nSPS) is 22.1. The molecule has 2 N–H and O–H groups in total. The van der Waals surface area contributed by atoms with Gasteiger partial charge in [0.15, 0.2) is 11.4 Å². The molecule has 1 amide bonds. The second kappa shape index (κ2) is 5.31. The number of aromatic carboxylic acids is 1. The van der Waals surface area contributed by atoms with Crippen molar-refractivity contribution in [1.29, 1.82) is 0 Å². The molecule has 122 valence electrons. The van der Waals surface area contributed by atoms with Gasteiger partial charge in [-0.25, -0.2) is 4.79 Å². The van der Waals surface area contributed by atoms with Crippen LogP contribution in [0.15, 0.2) is 10.5 Å². The molecule has 1 atom stereocenters. The van der Waals surface area contributed by atoms with E-state index in [2.05, 4.69) is 0 Å². The van der Waals surface area contributed by atoms with Gasteiger partial charge in [-0.1, -0.05) is 6.92 Å². The molecular weight excluding hydrogens is 307 g/mol. The predicted molar refractivity (Wildman–Crippen MR) is 66.6 cm³/mol. The van der Waals surface area contributed by atoms with Crippen molar-refractivity contribution in [1.82, 2.24) is 4.90 Å². The number of alkyl halides is 3. The van der Waals surface area contributed by atoms with E-state index in [1.165, 1.54) is 0 Å². The van der Waals surface area contributed by atoms with Crippen LogP contribution in [0.5, 0.6) is 0 Å². The van der Waals surface area contributed by atoms with E-state index in [1.54, 1.807) is 6.92 Å². The molecule has 2 rings (SSSR count). The van der Waals surface area contributed by atoms with E-state index in [0.717, 1.165) is 11.0 Å². The van der Waals surface area contributed by atoms with Gasteiger partial charge in [0.25, 0.3) is 5.91 Å². The Balaban J connectivity index is 2.22. The number of aryl methyl sites for hydroxylation is 1. The average Bonchev–Trinajstić information content (AvgIpc) is 3.01. The summed E-state index contributed by atoms with van der Waals surface area (Å²) in [6.07, 6.45) is -5.25. The number of carboxylic acid groups (broad SMARTS) is 1. The first kappa shape index (κ1) is 16.3. The second-order valence-electron chi connectivity index (χ2n) is 5.11. The highest BCUT2D eigenvalue weighted by atomic mass is 19.4. The number of β-amino-alcohol motifs (C(OH)–C–C–N with tert-alkyl or cyclic N) is 1. The first-order valence-electron chi connectivity index (χ1n) is 6.53. The van der Waals surface area contributed by atoms with E-state index in [0.29, 0.717) is 0 Å². The summed E-state index contributed by atoms with van der Waals surface area (Å²) in [7, 11) is 0.